The lowest BCUT2D eigenvalue weighted by atomic mass is 10.1. The zero-order chi connectivity index (χ0) is 16.5. The van der Waals surface area contributed by atoms with Crippen LogP contribution >= 0.6 is 0 Å². The van der Waals surface area contributed by atoms with Gasteiger partial charge in [0.1, 0.15) is 11.5 Å². The second-order valence-electron chi connectivity index (χ2n) is 5.41. The van der Waals surface area contributed by atoms with Crippen molar-refractivity contribution in [3.63, 3.8) is 0 Å². The molecule has 0 saturated carbocycles. The molecule has 4 heteroatoms. The van der Waals surface area contributed by atoms with E-state index in [1.54, 1.807) is 48.5 Å². The van der Waals surface area contributed by atoms with Gasteiger partial charge in [-0.05, 0) is 59.7 Å². The van der Waals surface area contributed by atoms with Gasteiger partial charge in [0.25, 0.3) is 0 Å². The molecule has 24 heavy (non-hydrogen) atoms. The molecule has 9 rings (SSSR count). The highest BCUT2D eigenvalue weighted by Crippen LogP contribution is 2.26. The van der Waals surface area contributed by atoms with Gasteiger partial charge in [-0.25, -0.2) is 9.59 Å². The topological polar surface area (TPSA) is 52.6 Å². The van der Waals surface area contributed by atoms with Gasteiger partial charge >= 0.3 is 11.9 Å². The van der Waals surface area contributed by atoms with Crippen LogP contribution in [0, 0.1) is 0 Å². The molecule has 0 saturated heterocycles. The zero-order valence-corrected chi connectivity index (χ0v) is 12.6. The Morgan fingerprint density at radius 3 is 1.04 bits per heavy atom. The van der Waals surface area contributed by atoms with Crippen LogP contribution < -0.4 is 9.47 Å². The molecule has 0 aromatic heterocycles. The fourth-order valence-corrected chi connectivity index (χ4v) is 2.51. The third-order valence-corrected chi connectivity index (χ3v) is 3.82. The lowest BCUT2D eigenvalue weighted by molar-refractivity contribution is 0.0720. The zero-order valence-electron chi connectivity index (χ0n) is 12.6. The number of esters is 2. The minimum absolute atomic E-state index is 0.367. The molecular weight excluding hydrogens is 304 g/mol. The van der Waals surface area contributed by atoms with Crippen molar-refractivity contribution in [2.75, 3.05) is 0 Å². The number of benzene rings is 3. The standard InChI is InChI=1S/C20H12O4/c21-19-15-1-2-16(4-3-15)20(22)24-18-11-7-14(8-12-18)13-5-9-17(23-19)10-6-13/h1-12H. The van der Waals surface area contributed by atoms with Crippen LogP contribution in [0.3, 0.4) is 0 Å². The lowest BCUT2D eigenvalue weighted by Gasteiger charge is -2.09. The second-order valence-corrected chi connectivity index (χ2v) is 5.41. The molecule has 0 amide bonds. The summed E-state index contributed by atoms with van der Waals surface area (Å²) in [4.78, 5) is 24.3. The number of hydrogen-bond acceptors (Lipinski definition) is 4. The maximum Gasteiger partial charge on any atom is 0.343 e. The average Bonchev–Trinajstić information content (AvgIpc) is 2.62. The Hall–Kier alpha value is -3.40. The molecule has 0 aliphatic carbocycles. The van der Waals surface area contributed by atoms with Gasteiger partial charge in [-0.3, -0.25) is 0 Å². The van der Waals surface area contributed by atoms with Crippen LogP contribution in [0.4, 0.5) is 0 Å². The van der Waals surface area contributed by atoms with Crippen LogP contribution in [0.5, 0.6) is 11.5 Å². The third-order valence-electron chi connectivity index (χ3n) is 3.82. The predicted octanol–water partition coefficient (Wildman–Crippen LogP) is 4.11. The Kier molecular flexibility index (Phi) is 3.35. The molecule has 0 atom stereocenters. The smallest absolute Gasteiger partial charge is 0.343 e. The van der Waals surface area contributed by atoms with Crippen LogP contribution in [-0.2, 0) is 0 Å². The first-order chi connectivity index (χ1) is 11.7. The molecule has 0 N–H and O–H groups in total. The maximum atomic E-state index is 12.1. The number of rotatable bonds is 0. The van der Waals surface area contributed by atoms with Crippen LogP contribution in [0.2, 0.25) is 0 Å². The van der Waals surface area contributed by atoms with Crippen LogP contribution in [0.15, 0.2) is 72.8 Å². The van der Waals surface area contributed by atoms with Gasteiger partial charge in [-0.15, -0.1) is 0 Å². The molecule has 6 bridgehead atoms. The number of carbonyl (C=O) groups excluding carboxylic acids is 2. The molecule has 0 radical (unpaired) electrons. The van der Waals surface area contributed by atoms with E-state index in [9.17, 15) is 9.59 Å². The molecule has 0 fully saturated rings. The summed E-state index contributed by atoms with van der Waals surface area (Å²) in [6.45, 7) is 0. The van der Waals surface area contributed by atoms with Gasteiger partial charge < -0.3 is 9.47 Å². The van der Waals surface area contributed by atoms with Gasteiger partial charge in [0, 0.05) is 0 Å². The van der Waals surface area contributed by atoms with Crippen LogP contribution in [0.1, 0.15) is 20.7 Å². The van der Waals surface area contributed by atoms with Gasteiger partial charge in [-0.1, -0.05) is 24.3 Å². The minimum atomic E-state index is -0.474. The fourth-order valence-electron chi connectivity index (χ4n) is 2.51. The van der Waals surface area contributed by atoms with Gasteiger partial charge in [-0.2, -0.15) is 0 Å². The summed E-state index contributed by atoms with van der Waals surface area (Å²) >= 11 is 0. The molecular formula is C20H12O4. The monoisotopic (exact) mass is 316 g/mol. The van der Waals surface area contributed by atoms with Crippen molar-refractivity contribution in [2.24, 2.45) is 0 Å². The van der Waals surface area contributed by atoms with Crippen molar-refractivity contribution in [3.8, 4) is 22.6 Å². The highest BCUT2D eigenvalue weighted by molar-refractivity contribution is 5.95. The Labute approximate surface area is 138 Å². The van der Waals surface area contributed by atoms with Crippen molar-refractivity contribution in [1.29, 1.82) is 0 Å². The predicted molar refractivity (Wildman–Crippen MR) is 88.2 cm³/mol. The second kappa shape index (κ2) is 5.66. The van der Waals surface area contributed by atoms with Gasteiger partial charge in [0.2, 0.25) is 0 Å². The van der Waals surface area contributed by atoms with Crippen molar-refractivity contribution in [3.05, 3.63) is 83.9 Å². The molecule has 3 aromatic rings. The van der Waals surface area contributed by atoms with Crippen molar-refractivity contribution in [1.82, 2.24) is 0 Å². The Bertz CT molecular complexity index is 829. The van der Waals surface area contributed by atoms with E-state index in [4.69, 9.17) is 9.47 Å². The molecule has 6 aliphatic rings. The van der Waals surface area contributed by atoms with E-state index in [0.29, 0.717) is 22.6 Å². The average molecular weight is 316 g/mol. The highest BCUT2D eigenvalue weighted by Gasteiger charge is 2.13. The van der Waals surface area contributed by atoms with E-state index < -0.39 is 11.9 Å². The molecule has 3 aromatic carbocycles. The van der Waals surface area contributed by atoms with Crippen molar-refractivity contribution in [2.45, 2.75) is 0 Å². The molecule has 6 heterocycles. The van der Waals surface area contributed by atoms with Crippen molar-refractivity contribution >= 4 is 11.9 Å². The third kappa shape index (κ3) is 2.65. The summed E-state index contributed by atoms with van der Waals surface area (Å²) in [5.41, 5.74) is 2.68. The van der Waals surface area contributed by atoms with E-state index in [1.165, 1.54) is 0 Å². The molecule has 6 aliphatic heterocycles. The Morgan fingerprint density at radius 2 is 0.708 bits per heavy atom. The normalized spacial score (nSPS) is 13.0. The van der Waals surface area contributed by atoms with Crippen LogP contribution in [0.25, 0.3) is 11.1 Å². The SMILES string of the molecule is O=C1Oc2ccc(cc2)-c2ccc(cc2)OC(=O)c2ccc1cc2. The van der Waals surface area contributed by atoms with Gasteiger partial charge in [0.05, 0.1) is 11.1 Å². The largest absolute Gasteiger partial charge is 0.423 e. The van der Waals surface area contributed by atoms with E-state index in [-0.39, 0.29) is 0 Å². The maximum absolute atomic E-state index is 12.1. The summed E-state index contributed by atoms with van der Waals surface area (Å²) < 4.78 is 10.7. The minimum Gasteiger partial charge on any atom is -0.423 e. The quantitative estimate of drug-likeness (QED) is 0.463. The van der Waals surface area contributed by atoms with E-state index in [2.05, 4.69) is 0 Å². The van der Waals surface area contributed by atoms with E-state index in [1.807, 2.05) is 24.3 Å². The fraction of sp³-hybridized carbons (Fsp3) is 0. The molecule has 116 valence electrons. The van der Waals surface area contributed by atoms with Crippen molar-refractivity contribution < 1.29 is 19.1 Å². The van der Waals surface area contributed by atoms with Gasteiger partial charge in [0.15, 0.2) is 0 Å². The Balaban J connectivity index is 1.82. The summed E-state index contributed by atoms with van der Waals surface area (Å²) in [5.74, 6) is -0.0110. The summed E-state index contributed by atoms with van der Waals surface area (Å²) in [5, 5.41) is 0. The summed E-state index contributed by atoms with van der Waals surface area (Å²) in [6, 6.07) is 20.7. The Morgan fingerprint density at radius 1 is 0.417 bits per heavy atom. The first-order valence-corrected chi connectivity index (χ1v) is 7.44. The summed E-state index contributed by atoms with van der Waals surface area (Å²) in [6.07, 6.45) is 0. The van der Waals surface area contributed by atoms with Crippen LogP contribution in [-0.4, -0.2) is 11.9 Å². The first kappa shape index (κ1) is 14.2. The lowest BCUT2D eigenvalue weighted by Crippen LogP contribution is -2.11. The molecule has 4 nitrogen and oxygen atoms in total. The van der Waals surface area contributed by atoms with E-state index in [0.717, 1.165) is 11.1 Å². The highest BCUT2D eigenvalue weighted by atomic mass is 16.5. The van der Waals surface area contributed by atoms with E-state index >= 15 is 0 Å². The first-order valence-electron chi connectivity index (χ1n) is 7.44. The summed E-state index contributed by atoms with van der Waals surface area (Å²) in [7, 11) is 0. The molecule has 0 unspecified atom stereocenters. The number of carbonyl (C=O) groups is 2. The molecule has 0 spiro atoms. The number of hydrogen-bond donors (Lipinski definition) is 0. The number of ether oxygens (including phenoxy) is 2.